The van der Waals surface area contributed by atoms with E-state index in [4.69, 9.17) is 15.2 Å². The number of likely N-dealkylation sites (tertiary alicyclic amines) is 1. The maximum atomic E-state index is 13.3. The van der Waals surface area contributed by atoms with E-state index in [-0.39, 0.29) is 17.9 Å². The molecule has 0 unspecified atom stereocenters. The van der Waals surface area contributed by atoms with Crippen LogP contribution in [-0.4, -0.2) is 59.7 Å². The van der Waals surface area contributed by atoms with E-state index < -0.39 is 29.7 Å². The van der Waals surface area contributed by atoms with Crippen LogP contribution in [0.15, 0.2) is 24.3 Å². The molecule has 4 rings (SSSR count). The van der Waals surface area contributed by atoms with E-state index in [0.717, 1.165) is 50.9 Å². The molecule has 1 aromatic rings. The summed E-state index contributed by atoms with van der Waals surface area (Å²) < 4.78 is 11.0. The van der Waals surface area contributed by atoms with Crippen molar-refractivity contribution in [1.82, 2.24) is 10.2 Å². The Labute approximate surface area is 201 Å². The maximum absolute atomic E-state index is 13.3. The minimum absolute atomic E-state index is 0.000333. The van der Waals surface area contributed by atoms with Crippen molar-refractivity contribution in [2.45, 2.75) is 88.9 Å². The Morgan fingerprint density at radius 1 is 1.12 bits per heavy atom. The van der Waals surface area contributed by atoms with Crippen molar-refractivity contribution in [2.24, 2.45) is 11.7 Å². The standard InChI is InChI=1S/C26H37N3O5/c1-26(2,3)34-25(32)29-20-9-8-19(15-20)22(29)24(31)28-21(23(27)30)14-16-4-6-17(7-5-16)18-10-12-33-13-11-18/h4-7,18-22H,8-15H2,1-3H3,(H2,27,30)(H,28,31)/t19-,20+,21-,22-/m0/s1. The number of nitrogens with one attached hydrogen (secondary N) is 1. The topological polar surface area (TPSA) is 111 Å². The average molecular weight is 472 g/mol. The molecular weight excluding hydrogens is 434 g/mol. The third-order valence-electron chi connectivity index (χ3n) is 7.23. The number of hydrogen-bond acceptors (Lipinski definition) is 5. The van der Waals surface area contributed by atoms with Crippen LogP contribution in [0, 0.1) is 5.92 Å². The number of carbonyl (C=O) groups is 3. The number of carbonyl (C=O) groups excluding carboxylic acids is 3. The van der Waals surface area contributed by atoms with Gasteiger partial charge < -0.3 is 20.5 Å². The van der Waals surface area contributed by atoms with E-state index in [9.17, 15) is 14.4 Å². The second kappa shape index (κ2) is 9.94. The van der Waals surface area contributed by atoms with Crippen molar-refractivity contribution in [3.63, 3.8) is 0 Å². The Balaban J connectivity index is 1.42. The summed E-state index contributed by atoms with van der Waals surface area (Å²) in [5.74, 6) is -0.356. The van der Waals surface area contributed by atoms with Gasteiger partial charge in [-0.05, 0) is 75.8 Å². The second-order valence-electron chi connectivity index (χ2n) is 10.9. The summed E-state index contributed by atoms with van der Waals surface area (Å²) in [4.78, 5) is 40.0. The lowest BCUT2D eigenvalue weighted by Crippen LogP contribution is -2.57. The second-order valence-corrected chi connectivity index (χ2v) is 10.9. The number of piperidine rings is 1. The molecule has 1 aliphatic carbocycles. The molecule has 2 bridgehead atoms. The molecule has 2 saturated heterocycles. The lowest BCUT2D eigenvalue weighted by molar-refractivity contribution is -0.132. The van der Waals surface area contributed by atoms with E-state index in [1.54, 1.807) is 4.90 Å². The Morgan fingerprint density at radius 3 is 2.41 bits per heavy atom. The first-order valence-corrected chi connectivity index (χ1v) is 12.4. The number of ether oxygens (including phenoxy) is 2. The summed E-state index contributed by atoms with van der Waals surface area (Å²) in [5.41, 5.74) is 7.21. The molecule has 8 nitrogen and oxygen atoms in total. The number of benzene rings is 1. The summed E-state index contributed by atoms with van der Waals surface area (Å²) in [6, 6.07) is 6.69. The molecular formula is C26H37N3O5. The van der Waals surface area contributed by atoms with Crippen LogP contribution in [0.4, 0.5) is 4.79 Å². The number of rotatable bonds is 6. The summed E-state index contributed by atoms with van der Waals surface area (Å²) in [5, 5.41) is 2.84. The van der Waals surface area contributed by atoms with E-state index in [0.29, 0.717) is 12.3 Å². The van der Waals surface area contributed by atoms with Gasteiger partial charge in [-0.1, -0.05) is 24.3 Å². The molecule has 0 aromatic heterocycles. The molecule has 2 heterocycles. The van der Waals surface area contributed by atoms with Crippen LogP contribution in [0.1, 0.15) is 69.9 Å². The van der Waals surface area contributed by atoms with Gasteiger partial charge in [-0.15, -0.1) is 0 Å². The van der Waals surface area contributed by atoms with Crippen LogP contribution in [0.25, 0.3) is 0 Å². The lowest BCUT2D eigenvalue weighted by atomic mass is 9.90. The molecule has 3 fully saturated rings. The van der Waals surface area contributed by atoms with Gasteiger partial charge in [0.2, 0.25) is 11.8 Å². The number of hydrogen-bond donors (Lipinski definition) is 2. The predicted octanol–water partition coefficient (Wildman–Crippen LogP) is 2.88. The Hall–Kier alpha value is -2.61. The molecule has 1 aromatic carbocycles. The SMILES string of the molecule is CC(C)(C)OC(=O)N1[C@@H]2CC[C@@H](C2)[C@H]1C(=O)N[C@@H](Cc1ccc(C2CCOCC2)cc1)C(N)=O. The van der Waals surface area contributed by atoms with Crippen molar-refractivity contribution < 1.29 is 23.9 Å². The van der Waals surface area contributed by atoms with Crippen LogP contribution in [0.3, 0.4) is 0 Å². The zero-order valence-corrected chi connectivity index (χ0v) is 20.4. The van der Waals surface area contributed by atoms with Gasteiger partial charge in [-0.2, -0.15) is 0 Å². The molecule has 3 aliphatic rings. The van der Waals surface area contributed by atoms with Crippen LogP contribution < -0.4 is 11.1 Å². The fourth-order valence-corrected chi connectivity index (χ4v) is 5.58. The first-order valence-electron chi connectivity index (χ1n) is 12.4. The molecule has 1 saturated carbocycles. The van der Waals surface area contributed by atoms with Crippen LogP contribution in [0.5, 0.6) is 0 Å². The largest absolute Gasteiger partial charge is 0.444 e. The normalized spacial score (nSPS) is 25.7. The molecule has 2 aliphatic heterocycles. The van der Waals surface area contributed by atoms with E-state index >= 15 is 0 Å². The molecule has 0 radical (unpaired) electrons. The van der Waals surface area contributed by atoms with Gasteiger partial charge in [0.15, 0.2) is 0 Å². The highest BCUT2D eigenvalue weighted by molar-refractivity contribution is 5.91. The third-order valence-corrected chi connectivity index (χ3v) is 7.23. The number of amides is 3. The molecule has 8 heteroatoms. The van der Waals surface area contributed by atoms with Gasteiger partial charge in [-0.3, -0.25) is 14.5 Å². The third kappa shape index (κ3) is 5.54. The summed E-state index contributed by atoms with van der Waals surface area (Å²) in [6.45, 7) is 7.00. The molecule has 34 heavy (non-hydrogen) atoms. The molecule has 186 valence electrons. The zero-order valence-electron chi connectivity index (χ0n) is 20.4. The first-order chi connectivity index (χ1) is 16.1. The molecule has 4 atom stereocenters. The van der Waals surface area contributed by atoms with Crippen LogP contribution in [-0.2, 0) is 25.5 Å². The maximum Gasteiger partial charge on any atom is 0.411 e. The van der Waals surface area contributed by atoms with E-state index in [1.165, 1.54) is 5.56 Å². The average Bonchev–Trinajstić information content (AvgIpc) is 3.40. The molecule has 3 amide bonds. The number of nitrogens with zero attached hydrogens (tertiary/aromatic N) is 1. The van der Waals surface area contributed by atoms with E-state index in [2.05, 4.69) is 17.4 Å². The van der Waals surface area contributed by atoms with Gasteiger partial charge >= 0.3 is 6.09 Å². The Kier molecular flexibility index (Phi) is 7.17. The Bertz CT molecular complexity index is 904. The van der Waals surface area contributed by atoms with Crippen molar-refractivity contribution in [2.75, 3.05) is 13.2 Å². The van der Waals surface area contributed by atoms with Gasteiger partial charge in [0.25, 0.3) is 0 Å². The quantitative estimate of drug-likeness (QED) is 0.663. The monoisotopic (exact) mass is 471 g/mol. The summed E-state index contributed by atoms with van der Waals surface area (Å²) in [7, 11) is 0. The molecule has 0 spiro atoms. The highest BCUT2D eigenvalue weighted by Gasteiger charge is 2.52. The number of primary amides is 1. The lowest BCUT2D eigenvalue weighted by Gasteiger charge is -2.36. The zero-order chi connectivity index (χ0) is 24.5. The fraction of sp³-hybridized carbons (Fsp3) is 0.654. The van der Waals surface area contributed by atoms with Crippen LogP contribution in [0.2, 0.25) is 0 Å². The summed E-state index contributed by atoms with van der Waals surface area (Å²) in [6.07, 6.45) is 4.39. The fourth-order valence-electron chi connectivity index (χ4n) is 5.58. The van der Waals surface area contributed by atoms with Gasteiger partial charge in [0.1, 0.15) is 17.7 Å². The van der Waals surface area contributed by atoms with Crippen LogP contribution >= 0.6 is 0 Å². The highest BCUT2D eigenvalue weighted by atomic mass is 16.6. The van der Waals surface area contributed by atoms with Gasteiger partial charge in [0, 0.05) is 25.7 Å². The van der Waals surface area contributed by atoms with Gasteiger partial charge in [0.05, 0.1) is 0 Å². The summed E-state index contributed by atoms with van der Waals surface area (Å²) >= 11 is 0. The predicted molar refractivity (Wildman–Crippen MR) is 127 cm³/mol. The smallest absolute Gasteiger partial charge is 0.411 e. The minimum Gasteiger partial charge on any atom is -0.444 e. The van der Waals surface area contributed by atoms with Crippen molar-refractivity contribution in [3.05, 3.63) is 35.4 Å². The highest BCUT2D eigenvalue weighted by Crippen LogP contribution is 2.43. The van der Waals surface area contributed by atoms with Gasteiger partial charge in [-0.25, -0.2) is 4.79 Å². The minimum atomic E-state index is -0.846. The van der Waals surface area contributed by atoms with Crippen molar-refractivity contribution in [3.8, 4) is 0 Å². The van der Waals surface area contributed by atoms with Crippen molar-refractivity contribution in [1.29, 1.82) is 0 Å². The number of nitrogens with two attached hydrogens (primary N) is 1. The molecule has 3 N–H and O–H groups in total. The first kappa shape index (κ1) is 24.5. The van der Waals surface area contributed by atoms with Crippen molar-refractivity contribution >= 4 is 17.9 Å². The van der Waals surface area contributed by atoms with E-state index in [1.807, 2.05) is 32.9 Å². The number of fused-ring (bicyclic) bond motifs is 2. The Morgan fingerprint density at radius 2 is 1.79 bits per heavy atom.